The van der Waals surface area contributed by atoms with Crippen molar-refractivity contribution < 1.29 is 0 Å². The van der Waals surface area contributed by atoms with Crippen molar-refractivity contribution in [1.29, 1.82) is 0 Å². The van der Waals surface area contributed by atoms with E-state index in [2.05, 4.69) is 64.6 Å². The van der Waals surface area contributed by atoms with Crippen LogP contribution in [0.1, 0.15) is 51.0 Å². The molecule has 0 aliphatic carbocycles. The van der Waals surface area contributed by atoms with E-state index in [0.717, 1.165) is 51.5 Å². The fourth-order valence-corrected chi connectivity index (χ4v) is 4.13. The van der Waals surface area contributed by atoms with Gasteiger partial charge in [-0.1, -0.05) is 43.7 Å². The molecule has 0 amide bonds. The van der Waals surface area contributed by atoms with Crippen LogP contribution in [0.4, 0.5) is 0 Å². The van der Waals surface area contributed by atoms with E-state index < -0.39 is 0 Å². The highest BCUT2D eigenvalue weighted by Gasteiger charge is 2.30. The van der Waals surface area contributed by atoms with E-state index in [1.807, 2.05) is 4.57 Å². The largest absolute Gasteiger partial charge is 0.357 e. The fraction of sp³-hybridized carbons (Fsp3) is 0.591. The van der Waals surface area contributed by atoms with Gasteiger partial charge < -0.3 is 14.8 Å². The normalized spacial score (nSPS) is 20.4. The molecule has 1 fully saturated rings. The highest BCUT2D eigenvalue weighted by molar-refractivity contribution is 5.80. The number of hydrogen-bond acceptors (Lipinski definition) is 3. The van der Waals surface area contributed by atoms with Gasteiger partial charge in [-0.25, -0.2) is 0 Å². The Balaban J connectivity index is 1.54. The molecule has 6 nitrogen and oxygen atoms in total. The van der Waals surface area contributed by atoms with E-state index >= 15 is 0 Å². The van der Waals surface area contributed by atoms with Gasteiger partial charge in [0.05, 0.1) is 0 Å². The van der Waals surface area contributed by atoms with E-state index in [1.165, 1.54) is 18.4 Å². The number of nitrogens with zero attached hydrogens (tertiary/aromatic N) is 5. The van der Waals surface area contributed by atoms with Crippen molar-refractivity contribution >= 4 is 5.96 Å². The number of piperidine rings is 1. The number of likely N-dealkylation sites (tertiary alicyclic amines) is 1. The molecule has 0 saturated carbocycles. The summed E-state index contributed by atoms with van der Waals surface area (Å²) < 4.78 is 2.02. The molecule has 28 heavy (non-hydrogen) atoms. The van der Waals surface area contributed by atoms with Gasteiger partial charge in [0.25, 0.3) is 0 Å². The van der Waals surface area contributed by atoms with Crippen LogP contribution >= 0.6 is 0 Å². The van der Waals surface area contributed by atoms with Crippen molar-refractivity contribution in [3.63, 3.8) is 0 Å². The summed E-state index contributed by atoms with van der Waals surface area (Å²) in [5.41, 5.74) is 1.49. The Morgan fingerprint density at radius 3 is 2.64 bits per heavy atom. The number of benzene rings is 1. The molecule has 3 rings (SSSR count). The molecule has 2 heterocycles. The Kier molecular flexibility index (Phi) is 7.88. The Morgan fingerprint density at radius 1 is 1.14 bits per heavy atom. The fourth-order valence-electron chi connectivity index (χ4n) is 4.13. The van der Waals surface area contributed by atoms with Gasteiger partial charge in [-0.05, 0) is 43.6 Å². The molecule has 0 bridgehead atoms. The number of hydrogen-bond donors (Lipinski definition) is 1. The van der Waals surface area contributed by atoms with Crippen LogP contribution in [0.5, 0.6) is 0 Å². The summed E-state index contributed by atoms with van der Waals surface area (Å²) in [6, 6.07) is 11.0. The minimum atomic E-state index is 0.661. The number of guanidine groups is 1. The Morgan fingerprint density at radius 2 is 1.93 bits per heavy atom. The lowest BCUT2D eigenvalue weighted by Crippen LogP contribution is -2.48. The van der Waals surface area contributed by atoms with E-state index in [4.69, 9.17) is 4.99 Å². The molecule has 2 unspecified atom stereocenters. The van der Waals surface area contributed by atoms with Crippen molar-refractivity contribution in [2.75, 3.05) is 26.2 Å². The summed E-state index contributed by atoms with van der Waals surface area (Å²) in [6.45, 7) is 9.36. The van der Waals surface area contributed by atoms with Crippen LogP contribution in [0.2, 0.25) is 0 Å². The van der Waals surface area contributed by atoms with E-state index in [-0.39, 0.29) is 0 Å². The third-order valence-corrected chi connectivity index (χ3v) is 5.67. The smallest absolute Gasteiger partial charge is 0.193 e. The van der Waals surface area contributed by atoms with Crippen molar-refractivity contribution in [2.45, 2.75) is 52.0 Å². The van der Waals surface area contributed by atoms with Crippen LogP contribution in [0.3, 0.4) is 0 Å². The zero-order valence-corrected chi connectivity index (χ0v) is 17.3. The first-order valence-corrected chi connectivity index (χ1v) is 10.7. The second-order valence-corrected chi connectivity index (χ2v) is 7.56. The molecule has 6 heteroatoms. The lowest BCUT2D eigenvalue weighted by molar-refractivity contribution is 0.215. The summed E-state index contributed by atoms with van der Waals surface area (Å²) in [4.78, 5) is 7.38. The Hall–Kier alpha value is -2.37. The van der Waals surface area contributed by atoms with Gasteiger partial charge >= 0.3 is 0 Å². The van der Waals surface area contributed by atoms with Crippen LogP contribution < -0.4 is 5.32 Å². The van der Waals surface area contributed by atoms with Gasteiger partial charge in [-0.15, -0.1) is 10.2 Å². The summed E-state index contributed by atoms with van der Waals surface area (Å²) in [5.74, 6) is 2.42. The summed E-state index contributed by atoms with van der Waals surface area (Å²) >= 11 is 0. The number of aromatic nitrogens is 3. The Labute approximate surface area is 169 Å². The molecule has 152 valence electrons. The maximum absolute atomic E-state index is 4.91. The zero-order valence-electron chi connectivity index (χ0n) is 17.3. The van der Waals surface area contributed by atoms with Gasteiger partial charge in [0.15, 0.2) is 5.96 Å². The molecule has 0 radical (unpaired) electrons. The molecule has 1 aliphatic rings. The van der Waals surface area contributed by atoms with E-state index in [0.29, 0.717) is 11.8 Å². The standard InChI is InChI=1S/C22H34N6/c1-3-19-16-28(15-12-21(19)20-10-6-5-7-11-20)22(23-4-2)24-13-8-9-14-27-17-25-26-18-27/h5-7,10-11,17-19,21H,3-4,8-9,12-16H2,1-2H3,(H,23,24). The minimum Gasteiger partial charge on any atom is -0.357 e. The van der Waals surface area contributed by atoms with Crippen LogP contribution in [-0.4, -0.2) is 51.8 Å². The minimum absolute atomic E-state index is 0.661. The number of rotatable bonds is 8. The van der Waals surface area contributed by atoms with Gasteiger partial charge in [0.1, 0.15) is 12.7 Å². The van der Waals surface area contributed by atoms with Gasteiger partial charge in [0.2, 0.25) is 0 Å². The predicted molar refractivity (Wildman–Crippen MR) is 114 cm³/mol. The molecule has 2 atom stereocenters. The molecule has 0 spiro atoms. The van der Waals surface area contributed by atoms with Gasteiger partial charge in [-0.2, -0.15) is 0 Å². The maximum Gasteiger partial charge on any atom is 0.193 e. The van der Waals surface area contributed by atoms with Crippen molar-refractivity contribution in [3.05, 3.63) is 48.5 Å². The average molecular weight is 383 g/mol. The number of aliphatic imine (C=N–C) groups is 1. The maximum atomic E-state index is 4.91. The molecule has 2 aromatic rings. The molecular formula is C22H34N6. The highest BCUT2D eigenvalue weighted by atomic mass is 15.3. The average Bonchev–Trinajstić information content (AvgIpc) is 3.26. The second kappa shape index (κ2) is 10.8. The van der Waals surface area contributed by atoms with E-state index in [1.54, 1.807) is 12.7 Å². The van der Waals surface area contributed by atoms with Crippen molar-refractivity contribution in [2.24, 2.45) is 10.9 Å². The lowest BCUT2D eigenvalue weighted by atomic mass is 9.79. The van der Waals surface area contributed by atoms with Crippen molar-refractivity contribution in [3.8, 4) is 0 Å². The first-order chi connectivity index (χ1) is 13.8. The van der Waals surface area contributed by atoms with Crippen molar-refractivity contribution in [1.82, 2.24) is 25.0 Å². The summed E-state index contributed by atoms with van der Waals surface area (Å²) in [7, 11) is 0. The number of nitrogens with one attached hydrogen (secondary N) is 1. The van der Waals surface area contributed by atoms with Crippen LogP contribution in [-0.2, 0) is 6.54 Å². The number of aryl methyl sites for hydroxylation is 1. The van der Waals surface area contributed by atoms with Gasteiger partial charge in [-0.3, -0.25) is 4.99 Å². The Bertz CT molecular complexity index is 697. The lowest BCUT2D eigenvalue weighted by Gasteiger charge is -2.40. The van der Waals surface area contributed by atoms with Crippen LogP contribution in [0.15, 0.2) is 48.0 Å². The topological polar surface area (TPSA) is 58.3 Å². The quantitative estimate of drug-likeness (QED) is 0.431. The first-order valence-electron chi connectivity index (χ1n) is 10.7. The highest BCUT2D eigenvalue weighted by Crippen LogP contribution is 2.34. The van der Waals surface area contributed by atoms with Crippen LogP contribution in [0, 0.1) is 5.92 Å². The monoisotopic (exact) mass is 382 g/mol. The zero-order chi connectivity index (χ0) is 19.6. The summed E-state index contributed by atoms with van der Waals surface area (Å²) in [6.07, 6.45) is 8.11. The summed E-state index contributed by atoms with van der Waals surface area (Å²) in [5, 5.41) is 11.2. The SMILES string of the molecule is CCNC(=NCCCCn1cnnc1)N1CCC(c2ccccc2)C(CC)C1. The molecule has 1 aromatic carbocycles. The van der Waals surface area contributed by atoms with Crippen LogP contribution in [0.25, 0.3) is 0 Å². The second-order valence-electron chi connectivity index (χ2n) is 7.56. The predicted octanol–water partition coefficient (Wildman–Crippen LogP) is 3.54. The first kappa shape index (κ1) is 20.4. The molecule has 1 aromatic heterocycles. The molecule has 1 aliphatic heterocycles. The third kappa shape index (κ3) is 5.57. The molecule has 1 saturated heterocycles. The van der Waals surface area contributed by atoms with E-state index in [9.17, 15) is 0 Å². The third-order valence-electron chi connectivity index (χ3n) is 5.67. The van der Waals surface area contributed by atoms with Gasteiger partial charge in [0, 0.05) is 32.7 Å². The molecule has 1 N–H and O–H groups in total. The number of unbranched alkanes of at least 4 members (excludes halogenated alkanes) is 1. The molecular weight excluding hydrogens is 348 g/mol.